The fourth-order valence-electron chi connectivity index (χ4n) is 0.981. The normalized spacial score (nSPS) is 21.0. The van der Waals surface area contributed by atoms with Crippen molar-refractivity contribution >= 4 is 13.2 Å². The number of hydrazine groups is 1. The molecule has 0 spiro atoms. The summed E-state index contributed by atoms with van der Waals surface area (Å²) in [6.07, 6.45) is 3.26. The quantitative estimate of drug-likeness (QED) is 0.141. The molecule has 5 heteroatoms. The molecule has 1 aliphatic heterocycles. The maximum Gasteiger partial charge on any atom is 0.256 e. The topological polar surface area (TPSA) is 67.1 Å². The van der Waals surface area contributed by atoms with Crippen molar-refractivity contribution < 1.29 is 4.79 Å². The van der Waals surface area contributed by atoms with Gasteiger partial charge in [-0.15, -0.1) is 5.47 Å². The van der Waals surface area contributed by atoms with Crippen LogP contribution in [0.4, 0.5) is 0 Å². The third-order valence-electron chi connectivity index (χ3n) is 1.56. The second kappa shape index (κ2) is 4.15. The minimum Gasteiger partial charge on any atom is -0.324 e. The first-order valence-corrected chi connectivity index (χ1v) is 3.58. The Morgan fingerprint density at radius 3 is 3.18 bits per heavy atom. The Morgan fingerprint density at radius 1 is 1.82 bits per heavy atom. The van der Waals surface area contributed by atoms with E-state index in [4.69, 9.17) is 5.84 Å². The van der Waals surface area contributed by atoms with Gasteiger partial charge in [-0.3, -0.25) is 10.2 Å². The maximum absolute atomic E-state index is 10.7. The molecule has 0 bridgehead atoms. The van der Waals surface area contributed by atoms with Crippen molar-refractivity contribution in [1.82, 2.24) is 10.7 Å². The minimum atomic E-state index is -0.238. The van der Waals surface area contributed by atoms with Crippen LogP contribution in [0.3, 0.4) is 0 Å². The summed E-state index contributed by atoms with van der Waals surface area (Å²) in [7, 11) is 1.98. The first-order chi connectivity index (χ1) is 5.33. The zero-order chi connectivity index (χ0) is 8.10. The molecular weight excluding hydrogens is 141 g/mol. The van der Waals surface area contributed by atoms with Gasteiger partial charge in [-0.25, -0.2) is 5.84 Å². The highest BCUT2D eigenvalue weighted by Crippen LogP contribution is 2.00. The van der Waals surface area contributed by atoms with Gasteiger partial charge in [0.2, 0.25) is 0 Å². The van der Waals surface area contributed by atoms with E-state index in [0.29, 0.717) is 0 Å². The van der Waals surface area contributed by atoms with Crippen LogP contribution in [0.15, 0.2) is 11.5 Å². The van der Waals surface area contributed by atoms with Gasteiger partial charge in [0.05, 0.1) is 0 Å². The predicted molar refractivity (Wildman–Crippen MR) is 43.7 cm³/mol. The van der Waals surface area contributed by atoms with E-state index in [2.05, 4.69) is 10.7 Å². The van der Waals surface area contributed by atoms with Crippen LogP contribution in [0.2, 0.25) is 0 Å². The van der Waals surface area contributed by atoms with E-state index in [1.54, 1.807) is 0 Å². The SMILES string of the molecule is NNC(=O)/C=C1\[B]CNCC1. The van der Waals surface area contributed by atoms with Crippen LogP contribution in [0.5, 0.6) is 0 Å². The fraction of sp³-hybridized carbons (Fsp3) is 0.500. The van der Waals surface area contributed by atoms with Crippen LogP contribution in [0.1, 0.15) is 6.42 Å². The standard InChI is InChI=1S/C6H11BN3O/c8-10-6(11)3-5-1-2-9-4-7-5/h3,9H,1-2,4,8H2,(H,10,11)/b5-3-. The Bertz CT molecular complexity index is 173. The van der Waals surface area contributed by atoms with Crippen LogP contribution >= 0.6 is 0 Å². The maximum atomic E-state index is 10.7. The summed E-state index contributed by atoms with van der Waals surface area (Å²) in [5, 5.41) is 3.15. The molecule has 59 valence electrons. The van der Waals surface area contributed by atoms with Crippen molar-refractivity contribution in [2.45, 2.75) is 6.42 Å². The summed E-state index contributed by atoms with van der Waals surface area (Å²) in [6, 6.07) is 0. The van der Waals surface area contributed by atoms with Gasteiger partial charge in [0.25, 0.3) is 5.91 Å². The Kier molecular flexibility index (Phi) is 3.13. The number of nitrogens with one attached hydrogen (secondary N) is 2. The molecule has 0 saturated carbocycles. The lowest BCUT2D eigenvalue weighted by atomic mass is 9.66. The number of hydrogen-bond acceptors (Lipinski definition) is 3. The zero-order valence-electron chi connectivity index (χ0n) is 6.26. The van der Waals surface area contributed by atoms with Gasteiger partial charge in [-0.2, -0.15) is 0 Å². The molecule has 0 aromatic carbocycles. The molecule has 4 N–H and O–H groups in total. The molecule has 0 aromatic heterocycles. The highest BCUT2D eigenvalue weighted by molar-refractivity contribution is 6.46. The van der Waals surface area contributed by atoms with Gasteiger partial charge >= 0.3 is 0 Å². The fourth-order valence-corrected chi connectivity index (χ4v) is 0.981. The number of carbonyl (C=O) groups excluding carboxylic acids is 1. The van der Waals surface area contributed by atoms with E-state index in [9.17, 15) is 4.79 Å². The summed E-state index contributed by atoms with van der Waals surface area (Å²) in [5.41, 5.74) is 3.10. The molecule has 0 aromatic rings. The first-order valence-electron chi connectivity index (χ1n) is 3.58. The van der Waals surface area contributed by atoms with Gasteiger partial charge < -0.3 is 5.32 Å². The lowest BCUT2D eigenvalue weighted by Crippen LogP contribution is -2.32. The minimum absolute atomic E-state index is 0.238. The Morgan fingerprint density at radius 2 is 2.64 bits per heavy atom. The molecule has 1 amide bonds. The third kappa shape index (κ3) is 2.73. The number of carbonyl (C=O) groups is 1. The number of rotatable bonds is 1. The van der Waals surface area contributed by atoms with Crippen molar-refractivity contribution in [3.8, 4) is 0 Å². The molecule has 0 unspecified atom stereocenters. The highest BCUT2D eigenvalue weighted by atomic mass is 16.2. The van der Waals surface area contributed by atoms with Crippen molar-refractivity contribution in [2.75, 3.05) is 13.0 Å². The largest absolute Gasteiger partial charge is 0.324 e. The highest BCUT2D eigenvalue weighted by Gasteiger charge is 2.06. The molecule has 4 nitrogen and oxygen atoms in total. The molecule has 1 fully saturated rings. The van der Waals surface area contributed by atoms with Crippen LogP contribution in [-0.4, -0.2) is 26.2 Å². The lowest BCUT2D eigenvalue weighted by Gasteiger charge is -2.13. The summed E-state index contributed by atoms with van der Waals surface area (Å²) in [6.45, 7) is 0.931. The Hall–Kier alpha value is -0.805. The summed E-state index contributed by atoms with van der Waals surface area (Å²) < 4.78 is 0. The van der Waals surface area contributed by atoms with Gasteiger partial charge in [0.15, 0.2) is 7.28 Å². The van der Waals surface area contributed by atoms with E-state index >= 15 is 0 Å². The van der Waals surface area contributed by atoms with Crippen molar-refractivity contribution in [1.29, 1.82) is 0 Å². The van der Waals surface area contributed by atoms with Crippen molar-refractivity contribution in [3.05, 3.63) is 11.5 Å². The van der Waals surface area contributed by atoms with Gasteiger partial charge in [-0.05, 0) is 25.5 Å². The predicted octanol–water partition coefficient (Wildman–Crippen LogP) is -1.48. The van der Waals surface area contributed by atoms with E-state index in [-0.39, 0.29) is 5.91 Å². The summed E-state index contributed by atoms with van der Waals surface area (Å²) in [5.74, 6) is 4.68. The number of nitrogens with two attached hydrogens (primary N) is 1. The summed E-state index contributed by atoms with van der Waals surface area (Å²) in [4.78, 5) is 10.7. The molecule has 1 saturated heterocycles. The van der Waals surface area contributed by atoms with E-state index < -0.39 is 0 Å². The van der Waals surface area contributed by atoms with E-state index in [1.807, 2.05) is 7.28 Å². The number of hydrogen-bond donors (Lipinski definition) is 3. The second-order valence-corrected chi connectivity index (χ2v) is 2.39. The Balaban J connectivity index is 2.43. The molecule has 0 aliphatic carbocycles. The zero-order valence-corrected chi connectivity index (χ0v) is 6.26. The van der Waals surface area contributed by atoms with E-state index in [1.165, 1.54) is 6.08 Å². The molecule has 1 rings (SSSR count). The molecule has 0 atom stereocenters. The molecule has 1 aliphatic rings. The average molecular weight is 152 g/mol. The smallest absolute Gasteiger partial charge is 0.256 e. The van der Waals surface area contributed by atoms with Gasteiger partial charge in [0, 0.05) is 0 Å². The number of amides is 1. The van der Waals surface area contributed by atoms with Crippen LogP contribution in [0, 0.1) is 0 Å². The molecule has 1 heterocycles. The van der Waals surface area contributed by atoms with Crippen molar-refractivity contribution in [2.24, 2.45) is 5.84 Å². The Labute approximate surface area is 66.4 Å². The first kappa shape index (κ1) is 8.29. The third-order valence-corrected chi connectivity index (χ3v) is 1.56. The molecular formula is C6H11BN3O. The van der Waals surface area contributed by atoms with Gasteiger partial charge in [0.1, 0.15) is 0 Å². The monoisotopic (exact) mass is 152 g/mol. The summed E-state index contributed by atoms with van der Waals surface area (Å²) >= 11 is 0. The van der Waals surface area contributed by atoms with Crippen LogP contribution < -0.4 is 16.6 Å². The average Bonchev–Trinajstić information content (AvgIpc) is 2.06. The lowest BCUT2D eigenvalue weighted by molar-refractivity contribution is -0.116. The van der Waals surface area contributed by atoms with Crippen LogP contribution in [-0.2, 0) is 4.79 Å². The van der Waals surface area contributed by atoms with E-state index in [0.717, 1.165) is 24.9 Å². The molecule has 11 heavy (non-hydrogen) atoms. The van der Waals surface area contributed by atoms with Crippen molar-refractivity contribution in [3.63, 3.8) is 0 Å². The molecule has 1 radical (unpaired) electrons. The van der Waals surface area contributed by atoms with Crippen LogP contribution in [0.25, 0.3) is 0 Å². The second-order valence-electron chi connectivity index (χ2n) is 2.39. The van der Waals surface area contributed by atoms with Gasteiger partial charge in [-0.1, -0.05) is 0 Å².